The number of aromatic amines is 1. The van der Waals surface area contributed by atoms with Gasteiger partial charge >= 0.3 is 0 Å². The molecule has 4 nitrogen and oxygen atoms in total. The summed E-state index contributed by atoms with van der Waals surface area (Å²) in [5.41, 5.74) is 3.21. The second-order valence-electron chi connectivity index (χ2n) is 4.96. The normalized spacial score (nSPS) is 20.3. The molecule has 1 aromatic carbocycles. The van der Waals surface area contributed by atoms with Gasteiger partial charge in [-0.25, -0.2) is 4.98 Å². The lowest BCUT2D eigenvalue weighted by atomic mass is 10.2. The van der Waals surface area contributed by atoms with Crippen molar-refractivity contribution < 1.29 is 4.79 Å². The summed E-state index contributed by atoms with van der Waals surface area (Å²) in [5, 5.41) is 3.77. The first-order chi connectivity index (χ1) is 9.22. The van der Waals surface area contributed by atoms with Gasteiger partial charge in [-0.1, -0.05) is 24.2 Å². The fourth-order valence-electron chi connectivity index (χ4n) is 2.31. The highest BCUT2D eigenvalue weighted by atomic mass is 32.2. The van der Waals surface area contributed by atoms with Crippen molar-refractivity contribution in [2.24, 2.45) is 0 Å². The molecule has 0 spiro atoms. The minimum atomic E-state index is -0.0239. The Morgan fingerprint density at radius 3 is 3.16 bits per heavy atom. The molecular weight excluding hydrogens is 258 g/mol. The van der Waals surface area contributed by atoms with Gasteiger partial charge in [-0.05, 0) is 37.5 Å². The van der Waals surface area contributed by atoms with Crippen molar-refractivity contribution in [1.82, 2.24) is 15.3 Å². The number of fused-ring (bicyclic) bond motifs is 1. The van der Waals surface area contributed by atoms with Crippen LogP contribution < -0.4 is 5.32 Å². The molecule has 1 fully saturated rings. The van der Waals surface area contributed by atoms with E-state index >= 15 is 0 Å². The number of thioether (sulfide) groups is 1. The lowest BCUT2D eigenvalue weighted by Gasteiger charge is -2.10. The van der Waals surface area contributed by atoms with E-state index in [0.717, 1.165) is 42.0 Å². The third-order valence-electron chi connectivity index (χ3n) is 3.35. The quantitative estimate of drug-likeness (QED) is 0.886. The molecule has 2 N–H and O–H groups in total. The molecular formula is C14H17N3OS. The van der Waals surface area contributed by atoms with Crippen LogP contribution in [0.25, 0.3) is 11.0 Å². The number of carbonyl (C=O) groups is 1. The molecule has 1 saturated heterocycles. The average molecular weight is 275 g/mol. The average Bonchev–Trinajstić information content (AvgIpc) is 2.66. The molecule has 19 heavy (non-hydrogen) atoms. The number of carbonyl (C=O) groups excluding carboxylic acids is 1. The van der Waals surface area contributed by atoms with Crippen molar-refractivity contribution in [2.45, 2.75) is 36.6 Å². The van der Waals surface area contributed by atoms with E-state index in [1.807, 2.05) is 6.07 Å². The summed E-state index contributed by atoms with van der Waals surface area (Å²) in [4.78, 5) is 19.8. The maximum absolute atomic E-state index is 11.9. The maximum Gasteiger partial charge on any atom is 0.233 e. The zero-order valence-electron chi connectivity index (χ0n) is 10.9. The predicted octanol–water partition coefficient (Wildman–Crippen LogP) is 2.63. The van der Waals surface area contributed by atoms with E-state index < -0.39 is 0 Å². The van der Waals surface area contributed by atoms with Crippen LogP contribution in [0.15, 0.2) is 23.4 Å². The molecule has 1 aromatic heterocycles. The summed E-state index contributed by atoms with van der Waals surface area (Å²) in [6.45, 7) is 2.86. The van der Waals surface area contributed by atoms with E-state index in [1.54, 1.807) is 0 Å². The molecule has 1 aliphatic rings. The van der Waals surface area contributed by atoms with Crippen LogP contribution >= 0.6 is 11.8 Å². The Morgan fingerprint density at radius 2 is 2.26 bits per heavy atom. The monoisotopic (exact) mass is 275 g/mol. The molecule has 1 amide bonds. The van der Waals surface area contributed by atoms with Crippen molar-refractivity contribution in [1.29, 1.82) is 0 Å². The second kappa shape index (κ2) is 5.25. The van der Waals surface area contributed by atoms with Crippen molar-refractivity contribution in [3.8, 4) is 0 Å². The number of amides is 1. The summed E-state index contributed by atoms with van der Waals surface area (Å²) >= 11 is 1.54. The van der Waals surface area contributed by atoms with Gasteiger partial charge < -0.3 is 10.3 Å². The highest BCUT2D eigenvalue weighted by Crippen LogP contribution is 2.27. The first kappa shape index (κ1) is 12.5. The van der Waals surface area contributed by atoms with Crippen molar-refractivity contribution in [3.05, 3.63) is 23.8 Å². The van der Waals surface area contributed by atoms with Gasteiger partial charge in [0.1, 0.15) is 0 Å². The van der Waals surface area contributed by atoms with E-state index in [1.165, 1.54) is 17.3 Å². The van der Waals surface area contributed by atoms with Gasteiger partial charge in [0.2, 0.25) is 5.91 Å². The summed E-state index contributed by atoms with van der Waals surface area (Å²) in [6.07, 6.45) is 3.09. The fraction of sp³-hybridized carbons (Fsp3) is 0.429. The van der Waals surface area contributed by atoms with Crippen molar-refractivity contribution in [2.75, 3.05) is 6.54 Å². The van der Waals surface area contributed by atoms with E-state index in [4.69, 9.17) is 0 Å². The molecule has 0 saturated carbocycles. The van der Waals surface area contributed by atoms with Crippen LogP contribution in [0.1, 0.15) is 24.8 Å². The van der Waals surface area contributed by atoms with Crippen LogP contribution in [0.2, 0.25) is 0 Å². The van der Waals surface area contributed by atoms with Crippen LogP contribution in [0.3, 0.4) is 0 Å². The standard InChI is InChI=1S/C14H17N3OS/c1-9-5-6-10-11(8-9)17-14(16-10)19-12-4-2-3-7-15-13(12)18/h5-6,8,12H,2-4,7H2,1H3,(H,15,18)(H,16,17)/t12-/m1/s1. The van der Waals surface area contributed by atoms with Crippen molar-refractivity contribution in [3.63, 3.8) is 0 Å². The third-order valence-corrected chi connectivity index (χ3v) is 4.51. The van der Waals surface area contributed by atoms with E-state index in [9.17, 15) is 4.79 Å². The molecule has 0 bridgehead atoms. The summed E-state index contributed by atoms with van der Waals surface area (Å²) in [5.74, 6) is 0.138. The predicted molar refractivity (Wildman–Crippen MR) is 77.3 cm³/mol. The van der Waals surface area contributed by atoms with Crippen LogP contribution in [0.5, 0.6) is 0 Å². The van der Waals surface area contributed by atoms with Gasteiger partial charge in [0.05, 0.1) is 16.3 Å². The highest BCUT2D eigenvalue weighted by molar-refractivity contribution is 8.00. The number of benzene rings is 1. The van der Waals surface area contributed by atoms with Gasteiger partial charge in [-0.3, -0.25) is 4.79 Å². The Hall–Kier alpha value is -1.49. The first-order valence-electron chi connectivity index (χ1n) is 6.63. The molecule has 2 heterocycles. The molecule has 0 aliphatic carbocycles. The number of H-pyrrole nitrogens is 1. The van der Waals surface area contributed by atoms with Crippen molar-refractivity contribution >= 4 is 28.7 Å². The Kier molecular flexibility index (Phi) is 3.46. The minimum Gasteiger partial charge on any atom is -0.355 e. The number of aromatic nitrogens is 2. The van der Waals surface area contributed by atoms with Crippen LogP contribution in [-0.4, -0.2) is 27.7 Å². The van der Waals surface area contributed by atoms with Gasteiger partial charge in [-0.2, -0.15) is 0 Å². The number of rotatable bonds is 2. The number of nitrogens with one attached hydrogen (secondary N) is 2. The van der Waals surface area contributed by atoms with Crippen LogP contribution in [-0.2, 0) is 4.79 Å². The van der Waals surface area contributed by atoms with E-state index in [2.05, 4.69) is 34.3 Å². The SMILES string of the molecule is Cc1ccc2nc(S[C@@H]3CCCCNC3=O)[nH]c2c1. The zero-order valence-corrected chi connectivity index (χ0v) is 11.7. The van der Waals surface area contributed by atoms with Gasteiger partial charge in [0.25, 0.3) is 0 Å². The highest BCUT2D eigenvalue weighted by Gasteiger charge is 2.23. The molecule has 0 unspecified atom stereocenters. The molecule has 3 rings (SSSR count). The van der Waals surface area contributed by atoms with Crippen LogP contribution in [0, 0.1) is 6.92 Å². The molecule has 1 atom stereocenters. The number of hydrogen-bond donors (Lipinski definition) is 2. The Morgan fingerprint density at radius 1 is 1.37 bits per heavy atom. The summed E-state index contributed by atoms with van der Waals surface area (Å²) in [7, 11) is 0. The zero-order chi connectivity index (χ0) is 13.2. The molecule has 100 valence electrons. The molecule has 5 heteroatoms. The largest absolute Gasteiger partial charge is 0.355 e. The molecule has 2 aromatic rings. The Balaban J connectivity index is 1.82. The van der Waals surface area contributed by atoms with E-state index in [0.29, 0.717) is 0 Å². The summed E-state index contributed by atoms with van der Waals surface area (Å²) in [6, 6.07) is 6.15. The molecule has 1 aliphatic heterocycles. The fourth-order valence-corrected chi connectivity index (χ4v) is 3.38. The summed E-state index contributed by atoms with van der Waals surface area (Å²) < 4.78 is 0. The Labute approximate surface area is 116 Å². The van der Waals surface area contributed by atoms with Gasteiger partial charge in [-0.15, -0.1) is 0 Å². The lowest BCUT2D eigenvalue weighted by molar-refractivity contribution is -0.120. The Bertz CT molecular complexity index is 608. The number of aryl methyl sites for hydroxylation is 1. The third kappa shape index (κ3) is 2.76. The van der Waals surface area contributed by atoms with Gasteiger partial charge in [0, 0.05) is 6.54 Å². The molecule has 0 radical (unpaired) electrons. The van der Waals surface area contributed by atoms with Crippen LogP contribution in [0.4, 0.5) is 0 Å². The number of hydrogen-bond acceptors (Lipinski definition) is 3. The van der Waals surface area contributed by atoms with E-state index in [-0.39, 0.29) is 11.2 Å². The number of nitrogens with zero attached hydrogens (tertiary/aromatic N) is 1. The lowest BCUT2D eigenvalue weighted by Crippen LogP contribution is -2.30. The topological polar surface area (TPSA) is 57.8 Å². The minimum absolute atomic E-state index is 0.0239. The maximum atomic E-state index is 11.9. The van der Waals surface area contributed by atoms with Gasteiger partial charge in [0.15, 0.2) is 5.16 Å². The first-order valence-corrected chi connectivity index (χ1v) is 7.51. The second-order valence-corrected chi connectivity index (χ2v) is 6.15. The smallest absolute Gasteiger partial charge is 0.233 e. The number of imidazole rings is 1.